The number of amidine groups is 1. The Hall–Kier alpha value is -2.19. The van der Waals surface area contributed by atoms with E-state index in [-0.39, 0.29) is 40.9 Å². The van der Waals surface area contributed by atoms with E-state index >= 15 is 0 Å². The molecule has 0 aliphatic carbocycles. The van der Waals surface area contributed by atoms with Crippen molar-refractivity contribution >= 4 is 38.4 Å². The van der Waals surface area contributed by atoms with Crippen molar-refractivity contribution < 1.29 is 17.6 Å². The van der Waals surface area contributed by atoms with E-state index in [1.165, 1.54) is 17.8 Å². The Balaban J connectivity index is 1.66. The SMILES string of the molecule is Cc1cccc(CC(=O)N=C2S[C@@H]3CS(=O)(=O)C[C@H]3N2c2ccc(C)c(F)c2)c1. The molecule has 2 aromatic carbocycles. The highest BCUT2D eigenvalue weighted by Gasteiger charge is 2.49. The van der Waals surface area contributed by atoms with Gasteiger partial charge in [-0.15, -0.1) is 0 Å². The minimum absolute atomic E-state index is 0.0226. The van der Waals surface area contributed by atoms with Gasteiger partial charge in [-0.3, -0.25) is 4.79 Å². The Morgan fingerprint density at radius 2 is 2.00 bits per heavy atom. The van der Waals surface area contributed by atoms with E-state index in [0.29, 0.717) is 16.4 Å². The molecule has 2 atom stereocenters. The van der Waals surface area contributed by atoms with Crippen molar-refractivity contribution in [3.63, 3.8) is 0 Å². The third-order valence-electron chi connectivity index (χ3n) is 5.16. The highest BCUT2D eigenvalue weighted by atomic mass is 32.2. The summed E-state index contributed by atoms with van der Waals surface area (Å²) in [6.45, 7) is 3.63. The van der Waals surface area contributed by atoms with Crippen molar-refractivity contribution in [2.75, 3.05) is 16.4 Å². The first-order chi connectivity index (χ1) is 13.7. The number of nitrogens with zero attached hydrogens (tertiary/aromatic N) is 2. The van der Waals surface area contributed by atoms with Crippen LogP contribution in [0.3, 0.4) is 0 Å². The Morgan fingerprint density at radius 3 is 2.72 bits per heavy atom. The summed E-state index contributed by atoms with van der Waals surface area (Å²) in [5, 5.41) is 0.227. The molecule has 1 amide bonds. The van der Waals surface area contributed by atoms with E-state index < -0.39 is 9.84 Å². The fourth-order valence-corrected chi connectivity index (χ4v) is 7.67. The number of anilines is 1. The van der Waals surface area contributed by atoms with E-state index in [2.05, 4.69) is 4.99 Å². The monoisotopic (exact) mass is 432 g/mol. The molecule has 4 rings (SSSR count). The number of carbonyl (C=O) groups excluding carboxylic acids is 1. The third-order valence-corrected chi connectivity index (χ3v) is 8.37. The zero-order chi connectivity index (χ0) is 20.8. The molecule has 0 radical (unpaired) electrons. The number of fused-ring (bicyclic) bond motifs is 1. The van der Waals surface area contributed by atoms with Crippen molar-refractivity contribution in [1.82, 2.24) is 0 Å². The first-order valence-electron chi connectivity index (χ1n) is 9.31. The van der Waals surface area contributed by atoms with Crippen molar-refractivity contribution in [3.05, 3.63) is 65.0 Å². The first kappa shape index (κ1) is 20.1. The molecule has 2 fully saturated rings. The van der Waals surface area contributed by atoms with Crippen LogP contribution in [-0.4, -0.2) is 42.3 Å². The maximum absolute atomic E-state index is 14.2. The number of thioether (sulfide) groups is 1. The first-order valence-corrected chi connectivity index (χ1v) is 12.0. The molecule has 0 N–H and O–H groups in total. The van der Waals surface area contributed by atoms with Crippen LogP contribution in [0.25, 0.3) is 0 Å². The smallest absolute Gasteiger partial charge is 0.252 e. The predicted octanol–water partition coefficient (Wildman–Crippen LogP) is 3.29. The van der Waals surface area contributed by atoms with Gasteiger partial charge in [0.25, 0.3) is 5.91 Å². The van der Waals surface area contributed by atoms with Crippen molar-refractivity contribution in [2.45, 2.75) is 31.6 Å². The highest BCUT2D eigenvalue weighted by molar-refractivity contribution is 8.16. The number of aryl methyl sites for hydroxylation is 2. The number of rotatable bonds is 3. The van der Waals surface area contributed by atoms with Crippen LogP contribution in [0.5, 0.6) is 0 Å². The molecule has 0 saturated carbocycles. The lowest BCUT2D eigenvalue weighted by molar-refractivity contribution is -0.117. The quantitative estimate of drug-likeness (QED) is 0.745. The number of carbonyl (C=O) groups is 1. The molecule has 2 aliphatic heterocycles. The van der Waals surface area contributed by atoms with Crippen LogP contribution in [0.2, 0.25) is 0 Å². The van der Waals surface area contributed by atoms with Gasteiger partial charge in [-0.25, -0.2) is 12.8 Å². The highest BCUT2D eigenvalue weighted by Crippen LogP contribution is 2.41. The number of aliphatic imine (C=N–C) groups is 1. The molecule has 5 nitrogen and oxygen atoms in total. The van der Waals surface area contributed by atoms with Gasteiger partial charge < -0.3 is 4.90 Å². The number of hydrogen-bond donors (Lipinski definition) is 0. The normalized spacial score (nSPS) is 24.1. The number of halogens is 1. The second kappa shape index (κ2) is 7.57. The predicted molar refractivity (Wildman–Crippen MR) is 115 cm³/mol. The van der Waals surface area contributed by atoms with Gasteiger partial charge in [-0.2, -0.15) is 4.99 Å². The van der Waals surface area contributed by atoms with E-state index in [0.717, 1.165) is 11.1 Å². The van der Waals surface area contributed by atoms with Gasteiger partial charge in [0.15, 0.2) is 15.0 Å². The van der Waals surface area contributed by atoms with Crippen LogP contribution in [0.4, 0.5) is 10.1 Å². The van der Waals surface area contributed by atoms with Crippen LogP contribution in [-0.2, 0) is 21.1 Å². The molecule has 0 spiro atoms. The summed E-state index contributed by atoms with van der Waals surface area (Å²) in [4.78, 5) is 18.6. The minimum Gasteiger partial charge on any atom is -0.315 e. The summed E-state index contributed by atoms with van der Waals surface area (Å²) in [5.41, 5.74) is 2.96. The van der Waals surface area contributed by atoms with Gasteiger partial charge in [0.1, 0.15) is 5.82 Å². The van der Waals surface area contributed by atoms with Crippen LogP contribution in [0.1, 0.15) is 16.7 Å². The van der Waals surface area contributed by atoms with Crippen molar-refractivity contribution in [2.24, 2.45) is 4.99 Å². The summed E-state index contributed by atoms with van der Waals surface area (Å²) in [7, 11) is -3.17. The lowest BCUT2D eigenvalue weighted by atomic mass is 10.1. The number of sulfone groups is 1. The van der Waals surface area contributed by atoms with Crippen LogP contribution in [0.15, 0.2) is 47.5 Å². The van der Waals surface area contributed by atoms with Crippen LogP contribution >= 0.6 is 11.8 Å². The van der Waals surface area contributed by atoms with E-state index in [1.54, 1.807) is 24.0 Å². The van der Waals surface area contributed by atoms with Gasteiger partial charge in [-0.1, -0.05) is 47.7 Å². The second-order valence-electron chi connectivity index (χ2n) is 7.56. The lowest BCUT2D eigenvalue weighted by Gasteiger charge is -2.24. The third kappa shape index (κ3) is 4.23. The van der Waals surface area contributed by atoms with Gasteiger partial charge in [-0.05, 0) is 37.1 Å². The molecule has 29 heavy (non-hydrogen) atoms. The Labute approximate surface area is 173 Å². The van der Waals surface area contributed by atoms with Gasteiger partial charge in [0, 0.05) is 10.9 Å². The molecule has 2 saturated heterocycles. The number of amides is 1. The molecular weight excluding hydrogens is 411 g/mol. The zero-order valence-corrected chi connectivity index (χ0v) is 17.8. The van der Waals surface area contributed by atoms with E-state index in [1.807, 2.05) is 31.2 Å². The second-order valence-corrected chi connectivity index (χ2v) is 10.9. The van der Waals surface area contributed by atoms with Gasteiger partial charge in [0.05, 0.1) is 24.0 Å². The maximum Gasteiger partial charge on any atom is 0.252 e. The molecule has 2 heterocycles. The molecule has 2 aliphatic rings. The topological polar surface area (TPSA) is 66.8 Å². The van der Waals surface area contributed by atoms with E-state index in [9.17, 15) is 17.6 Å². The zero-order valence-electron chi connectivity index (χ0n) is 16.1. The molecule has 0 aromatic heterocycles. The van der Waals surface area contributed by atoms with E-state index in [4.69, 9.17) is 0 Å². The van der Waals surface area contributed by atoms with Crippen LogP contribution < -0.4 is 4.90 Å². The molecule has 2 aromatic rings. The molecule has 8 heteroatoms. The van der Waals surface area contributed by atoms with Gasteiger partial charge in [0.2, 0.25) is 0 Å². The fraction of sp³-hybridized carbons (Fsp3) is 0.333. The summed E-state index contributed by atoms with van der Waals surface area (Å²) < 4.78 is 38.4. The van der Waals surface area contributed by atoms with Crippen LogP contribution in [0, 0.1) is 19.7 Å². The summed E-state index contributed by atoms with van der Waals surface area (Å²) in [6, 6.07) is 12.1. The minimum atomic E-state index is -3.17. The van der Waals surface area contributed by atoms with Crippen molar-refractivity contribution in [1.29, 1.82) is 0 Å². The fourth-order valence-electron chi connectivity index (χ4n) is 3.74. The van der Waals surface area contributed by atoms with Gasteiger partial charge >= 0.3 is 0 Å². The molecule has 0 unspecified atom stereocenters. The Morgan fingerprint density at radius 1 is 1.21 bits per heavy atom. The Bertz CT molecular complexity index is 1110. The maximum atomic E-state index is 14.2. The number of benzene rings is 2. The van der Waals surface area contributed by atoms with Crippen molar-refractivity contribution in [3.8, 4) is 0 Å². The summed E-state index contributed by atoms with van der Waals surface area (Å²) >= 11 is 1.29. The standard InChI is InChI=1S/C21H21FN2O3S2/c1-13-4-3-5-15(8-13)9-20(25)23-21-24(16-7-6-14(2)17(22)10-16)18-11-29(26,27)12-19(18)28-21/h3-8,10,18-19H,9,11-12H2,1-2H3/t18-,19-/m1/s1. The average Bonchev–Trinajstić information content (AvgIpc) is 3.08. The summed E-state index contributed by atoms with van der Waals surface area (Å²) in [6.07, 6.45) is 0.162. The molecule has 0 bridgehead atoms. The average molecular weight is 433 g/mol. The molecule has 152 valence electrons. The summed E-state index contributed by atoms with van der Waals surface area (Å²) in [5.74, 6) is -0.662. The lowest BCUT2D eigenvalue weighted by Crippen LogP contribution is -2.37. The number of hydrogen-bond acceptors (Lipinski definition) is 4. The molecular formula is C21H21FN2O3S2. The Kier molecular flexibility index (Phi) is 5.25. The largest absolute Gasteiger partial charge is 0.315 e.